The molecule has 0 aliphatic carbocycles. The van der Waals surface area contributed by atoms with E-state index in [0.29, 0.717) is 12.2 Å². The Morgan fingerprint density at radius 2 is 1.61 bits per heavy atom. The zero-order chi connectivity index (χ0) is 14.0. The Labute approximate surface area is 113 Å². The first-order valence-corrected chi connectivity index (χ1v) is 7.63. The van der Waals surface area contributed by atoms with Crippen molar-refractivity contribution in [2.75, 3.05) is 5.75 Å². The standard InChI is InChI=1S/C15H24O2S/c1-12-6-8-13(9-7-12)18(17)11-10-15(5,16)14(2,3)4/h6-9,16H,10-11H2,1-5H3. The van der Waals surface area contributed by atoms with Crippen molar-refractivity contribution in [2.24, 2.45) is 5.41 Å². The summed E-state index contributed by atoms with van der Waals surface area (Å²) in [6, 6.07) is 7.73. The van der Waals surface area contributed by atoms with Gasteiger partial charge in [-0.25, -0.2) is 0 Å². The van der Waals surface area contributed by atoms with Crippen LogP contribution in [-0.2, 0) is 10.8 Å². The van der Waals surface area contributed by atoms with E-state index in [1.165, 1.54) is 0 Å². The molecule has 0 saturated carbocycles. The number of aliphatic hydroxyl groups is 1. The zero-order valence-electron chi connectivity index (χ0n) is 12.0. The first-order chi connectivity index (χ1) is 8.13. The molecule has 18 heavy (non-hydrogen) atoms. The number of aryl methyl sites for hydroxylation is 1. The Bertz CT molecular complexity index is 413. The minimum absolute atomic E-state index is 0.204. The summed E-state index contributed by atoms with van der Waals surface area (Å²) in [7, 11) is -1.03. The number of rotatable bonds is 4. The van der Waals surface area contributed by atoms with E-state index < -0.39 is 16.4 Å². The van der Waals surface area contributed by atoms with Crippen LogP contribution in [0.15, 0.2) is 29.2 Å². The van der Waals surface area contributed by atoms with Crippen molar-refractivity contribution in [3.05, 3.63) is 29.8 Å². The zero-order valence-corrected chi connectivity index (χ0v) is 12.8. The monoisotopic (exact) mass is 268 g/mol. The van der Waals surface area contributed by atoms with Crippen molar-refractivity contribution in [3.8, 4) is 0 Å². The molecule has 2 nitrogen and oxygen atoms in total. The van der Waals surface area contributed by atoms with Crippen LogP contribution in [0.1, 0.15) is 39.7 Å². The minimum Gasteiger partial charge on any atom is -0.390 e. The first-order valence-electron chi connectivity index (χ1n) is 6.31. The van der Waals surface area contributed by atoms with Crippen molar-refractivity contribution in [1.29, 1.82) is 0 Å². The van der Waals surface area contributed by atoms with E-state index in [1.807, 2.05) is 58.9 Å². The number of hydrogen-bond acceptors (Lipinski definition) is 2. The Hall–Kier alpha value is -0.670. The van der Waals surface area contributed by atoms with Gasteiger partial charge in [0.15, 0.2) is 0 Å². The fourth-order valence-corrected chi connectivity index (χ4v) is 2.73. The van der Waals surface area contributed by atoms with E-state index in [2.05, 4.69) is 0 Å². The van der Waals surface area contributed by atoms with Crippen LogP contribution in [0.3, 0.4) is 0 Å². The van der Waals surface area contributed by atoms with Crippen LogP contribution in [0.25, 0.3) is 0 Å². The van der Waals surface area contributed by atoms with Gasteiger partial charge in [-0.3, -0.25) is 4.21 Å². The van der Waals surface area contributed by atoms with Crippen molar-refractivity contribution in [3.63, 3.8) is 0 Å². The third kappa shape index (κ3) is 3.92. The van der Waals surface area contributed by atoms with Crippen LogP contribution >= 0.6 is 0 Å². The van der Waals surface area contributed by atoms with Gasteiger partial charge in [0.05, 0.1) is 16.4 Å². The molecule has 0 radical (unpaired) electrons. The van der Waals surface area contributed by atoms with Gasteiger partial charge < -0.3 is 5.11 Å². The molecule has 2 atom stereocenters. The molecule has 0 amide bonds. The molecule has 3 heteroatoms. The molecule has 0 aromatic heterocycles. The quantitative estimate of drug-likeness (QED) is 0.910. The molecule has 0 spiro atoms. The van der Waals surface area contributed by atoms with E-state index in [9.17, 15) is 9.32 Å². The van der Waals surface area contributed by atoms with Crippen LogP contribution in [0.2, 0.25) is 0 Å². The largest absolute Gasteiger partial charge is 0.390 e. The molecule has 102 valence electrons. The average molecular weight is 268 g/mol. The Morgan fingerprint density at radius 3 is 2.06 bits per heavy atom. The number of hydrogen-bond donors (Lipinski definition) is 1. The summed E-state index contributed by atoms with van der Waals surface area (Å²) in [5.74, 6) is 0.493. The summed E-state index contributed by atoms with van der Waals surface area (Å²) in [6.45, 7) is 9.84. The van der Waals surface area contributed by atoms with Gasteiger partial charge in [0.25, 0.3) is 0 Å². The highest BCUT2D eigenvalue weighted by molar-refractivity contribution is 7.85. The Balaban J connectivity index is 2.65. The molecule has 2 unspecified atom stereocenters. The maximum Gasteiger partial charge on any atom is 0.0676 e. The van der Waals surface area contributed by atoms with Gasteiger partial charge in [0.2, 0.25) is 0 Å². The molecule has 0 aliphatic rings. The van der Waals surface area contributed by atoms with Crippen molar-refractivity contribution in [1.82, 2.24) is 0 Å². The second kappa shape index (κ2) is 5.54. The molecular formula is C15H24O2S. The van der Waals surface area contributed by atoms with E-state index in [0.717, 1.165) is 10.5 Å². The predicted molar refractivity (Wildman–Crippen MR) is 77.2 cm³/mol. The van der Waals surface area contributed by atoms with Crippen molar-refractivity contribution >= 4 is 10.8 Å². The second-order valence-corrected chi connectivity index (χ2v) is 7.71. The SMILES string of the molecule is Cc1ccc(S(=O)CCC(C)(O)C(C)(C)C)cc1. The molecule has 0 bridgehead atoms. The van der Waals surface area contributed by atoms with Crippen LogP contribution in [0, 0.1) is 12.3 Å². The van der Waals surface area contributed by atoms with Gasteiger partial charge >= 0.3 is 0 Å². The maximum absolute atomic E-state index is 12.1. The Kier molecular flexibility index (Phi) is 4.73. The molecule has 0 fully saturated rings. The van der Waals surface area contributed by atoms with Crippen molar-refractivity contribution < 1.29 is 9.32 Å². The van der Waals surface area contributed by atoms with Gasteiger partial charge in [-0.15, -0.1) is 0 Å². The molecule has 0 saturated heterocycles. The summed E-state index contributed by atoms with van der Waals surface area (Å²) >= 11 is 0. The van der Waals surface area contributed by atoms with Crippen molar-refractivity contribution in [2.45, 2.75) is 51.5 Å². The molecule has 1 rings (SSSR count). The predicted octanol–water partition coefficient (Wildman–Crippen LogP) is 3.29. The lowest BCUT2D eigenvalue weighted by molar-refractivity contribution is -0.0431. The smallest absolute Gasteiger partial charge is 0.0676 e. The lowest BCUT2D eigenvalue weighted by atomic mass is 9.76. The summed E-state index contributed by atoms with van der Waals surface area (Å²) < 4.78 is 12.1. The summed E-state index contributed by atoms with van der Waals surface area (Å²) in [6.07, 6.45) is 0.539. The van der Waals surface area contributed by atoms with E-state index in [1.54, 1.807) is 0 Å². The van der Waals surface area contributed by atoms with Gasteiger partial charge in [-0.2, -0.15) is 0 Å². The highest BCUT2D eigenvalue weighted by atomic mass is 32.2. The fraction of sp³-hybridized carbons (Fsp3) is 0.600. The molecule has 0 aliphatic heterocycles. The maximum atomic E-state index is 12.1. The fourth-order valence-electron chi connectivity index (χ4n) is 1.47. The van der Waals surface area contributed by atoms with E-state index >= 15 is 0 Å². The Morgan fingerprint density at radius 1 is 1.11 bits per heavy atom. The molecule has 1 aromatic rings. The van der Waals surface area contributed by atoms with Gasteiger partial charge in [-0.05, 0) is 37.8 Å². The van der Waals surface area contributed by atoms with Gasteiger partial charge in [0, 0.05) is 10.6 Å². The highest BCUT2D eigenvalue weighted by Crippen LogP contribution is 2.33. The lowest BCUT2D eigenvalue weighted by Crippen LogP contribution is -2.40. The van der Waals surface area contributed by atoms with Crippen LogP contribution < -0.4 is 0 Å². The molecule has 1 N–H and O–H groups in total. The molecule has 0 heterocycles. The third-order valence-corrected chi connectivity index (χ3v) is 5.05. The number of benzene rings is 1. The summed E-state index contributed by atoms with van der Waals surface area (Å²) in [4.78, 5) is 0.838. The van der Waals surface area contributed by atoms with Gasteiger partial charge in [-0.1, -0.05) is 38.5 Å². The first kappa shape index (κ1) is 15.4. The van der Waals surface area contributed by atoms with Crippen LogP contribution in [0.5, 0.6) is 0 Å². The lowest BCUT2D eigenvalue weighted by Gasteiger charge is -2.37. The van der Waals surface area contributed by atoms with E-state index in [-0.39, 0.29) is 5.41 Å². The normalized spacial score (nSPS) is 17.2. The third-order valence-electron chi connectivity index (χ3n) is 3.67. The minimum atomic E-state index is -1.03. The summed E-state index contributed by atoms with van der Waals surface area (Å²) in [5.41, 5.74) is 0.162. The molecule has 1 aromatic carbocycles. The molecular weight excluding hydrogens is 244 g/mol. The highest BCUT2D eigenvalue weighted by Gasteiger charge is 2.35. The van der Waals surface area contributed by atoms with Gasteiger partial charge in [0.1, 0.15) is 0 Å². The average Bonchev–Trinajstić information content (AvgIpc) is 2.25. The summed E-state index contributed by atoms with van der Waals surface area (Å²) in [5, 5.41) is 10.4. The van der Waals surface area contributed by atoms with Crippen LogP contribution in [0.4, 0.5) is 0 Å². The van der Waals surface area contributed by atoms with E-state index in [4.69, 9.17) is 0 Å². The topological polar surface area (TPSA) is 37.3 Å². The second-order valence-electron chi connectivity index (χ2n) is 6.14. The van der Waals surface area contributed by atoms with Crippen LogP contribution in [-0.4, -0.2) is 20.7 Å².